The van der Waals surface area contributed by atoms with Crippen LogP contribution in [0.4, 0.5) is 5.69 Å². The topological polar surface area (TPSA) is 103 Å². The van der Waals surface area contributed by atoms with E-state index in [1.807, 2.05) is 11.9 Å². The number of hydrogen-bond donors (Lipinski definition) is 2. The molecule has 2 N–H and O–H groups in total. The first-order valence-electron chi connectivity index (χ1n) is 8.28. The molecule has 1 aromatic heterocycles. The van der Waals surface area contributed by atoms with Crippen molar-refractivity contribution in [2.45, 2.75) is 19.0 Å². The number of likely N-dealkylation sites (N-methyl/N-ethyl adjacent to an activating group) is 1. The Balaban J connectivity index is 1.66. The number of aromatic nitrogens is 3. The Morgan fingerprint density at radius 2 is 2.23 bits per heavy atom. The van der Waals surface area contributed by atoms with E-state index in [0.29, 0.717) is 30.3 Å². The molecule has 0 bridgehead atoms. The number of benzene rings is 1. The molecule has 1 aromatic carbocycles. The summed E-state index contributed by atoms with van der Waals surface area (Å²) in [4.78, 5) is 31.9. The first-order chi connectivity index (χ1) is 12.5. The van der Waals surface area contributed by atoms with E-state index in [0.717, 1.165) is 5.69 Å². The number of ether oxygens (including phenoxy) is 1. The predicted molar refractivity (Wildman–Crippen MR) is 95.0 cm³/mol. The van der Waals surface area contributed by atoms with E-state index in [4.69, 9.17) is 4.74 Å². The van der Waals surface area contributed by atoms with Crippen LogP contribution in [0.25, 0.3) is 0 Å². The molecule has 0 fully saturated rings. The minimum absolute atomic E-state index is 0.0758. The smallest absolute Gasteiger partial charge is 0.253 e. The maximum Gasteiger partial charge on any atom is 0.253 e. The number of nitrogens with zero attached hydrogens (tertiary/aromatic N) is 4. The van der Waals surface area contributed by atoms with Gasteiger partial charge in [-0.05, 0) is 18.2 Å². The van der Waals surface area contributed by atoms with Crippen molar-refractivity contribution < 1.29 is 14.3 Å². The highest BCUT2D eigenvalue weighted by atomic mass is 16.5. The minimum atomic E-state index is -0.123. The minimum Gasteiger partial charge on any atom is -0.489 e. The van der Waals surface area contributed by atoms with Gasteiger partial charge in [-0.15, -0.1) is 0 Å². The molecule has 2 amide bonds. The van der Waals surface area contributed by atoms with Crippen molar-refractivity contribution in [3.8, 4) is 5.75 Å². The van der Waals surface area contributed by atoms with E-state index >= 15 is 0 Å². The maximum absolute atomic E-state index is 12.2. The zero-order chi connectivity index (χ0) is 18.7. The second-order valence-electron chi connectivity index (χ2n) is 6.37. The van der Waals surface area contributed by atoms with Crippen LogP contribution in [0.1, 0.15) is 22.6 Å². The third-order valence-electron chi connectivity index (χ3n) is 4.31. The van der Waals surface area contributed by atoms with Crippen molar-refractivity contribution in [3.63, 3.8) is 0 Å². The number of rotatable bonds is 5. The Bertz CT molecular complexity index is 790. The molecule has 2 heterocycles. The van der Waals surface area contributed by atoms with Crippen LogP contribution in [0.2, 0.25) is 0 Å². The van der Waals surface area contributed by atoms with Gasteiger partial charge in [0, 0.05) is 26.7 Å². The highest BCUT2D eigenvalue weighted by Gasteiger charge is 2.27. The van der Waals surface area contributed by atoms with Crippen molar-refractivity contribution in [1.29, 1.82) is 0 Å². The molecular weight excluding hydrogens is 336 g/mol. The lowest BCUT2D eigenvalue weighted by Gasteiger charge is -2.35. The summed E-state index contributed by atoms with van der Waals surface area (Å²) in [7, 11) is 5.33. The summed E-state index contributed by atoms with van der Waals surface area (Å²) >= 11 is 0. The quantitative estimate of drug-likeness (QED) is 0.802. The summed E-state index contributed by atoms with van der Waals surface area (Å²) in [5.74, 6) is 1.13. The number of carbonyl (C=O) groups is 2. The van der Waals surface area contributed by atoms with Crippen molar-refractivity contribution in [3.05, 3.63) is 35.9 Å². The molecule has 1 aliphatic rings. The van der Waals surface area contributed by atoms with E-state index in [2.05, 4.69) is 20.5 Å². The normalized spacial score (nSPS) is 15.8. The molecular formula is C17H22N6O3. The fraction of sp³-hybridized carbons (Fsp3) is 0.412. The number of anilines is 1. The van der Waals surface area contributed by atoms with Gasteiger partial charge in [-0.3, -0.25) is 14.7 Å². The third-order valence-corrected chi connectivity index (χ3v) is 4.31. The van der Waals surface area contributed by atoms with Crippen LogP contribution in [0.5, 0.6) is 5.75 Å². The number of aromatic amines is 1. The summed E-state index contributed by atoms with van der Waals surface area (Å²) in [6.45, 7) is 0.703. The summed E-state index contributed by atoms with van der Waals surface area (Å²) in [6, 6.07) is 5.22. The van der Waals surface area contributed by atoms with Crippen molar-refractivity contribution in [1.82, 2.24) is 25.4 Å². The first-order valence-corrected chi connectivity index (χ1v) is 8.28. The molecule has 138 valence electrons. The molecule has 1 unspecified atom stereocenters. The van der Waals surface area contributed by atoms with Gasteiger partial charge in [0.2, 0.25) is 5.91 Å². The average molecular weight is 358 g/mol. The van der Waals surface area contributed by atoms with Crippen molar-refractivity contribution in [2.24, 2.45) is 0 Å². The lowest BCUT2D eigenvalue weighted by molar-refractivity contribution is -0.121. The Hall–Kier alpha value is -3.10. The lowest BCUT2D eigenvalue weighted by atomic mass is 10.1. The summed E-state index contributed by atoms with van der Waals surface area (Å²) in [6.07, 6.45) is 1.67. The van der Waals surface area contributed by atoms with Crippen molar-refractivity contribution >= 4 is 17.5 Å². The van der Waals surface area contributed by atoms with Gasteiger partial charge in [0.15, 0.2) is 0 Å². The lowest BCUT2D eigenvalue weighted by Crippen LogP contribution is -2.43. The van der Waals surface area contributed by atoms with Gasteiger partial charge in [-0.1, -0.05) is 0 Å². The number of fused-ring (bicyclic) bond motifs is 1. The Morgan fingerprint density at radius 1 is 1.42 bits per heavy atom. The van der Waals surface area contributed by atoms with Crippen LogP contribution in [0.15, 0.2) is 24.5 Å². The van der Waals surface area contributed by atoms with Gasteiger partial charge in [-0.25, -0.2) is 4.98 Å². The maximum atomic E-state index is 12.2. The van der Waals surface area contributed by atoms with Crippen LogP contribution in [-0.2, 0) is 11.3 Å². The van der Waals surface area contributed by atoms with Crippen LogP contribution in [-0.4, -0.2) is 65.7 Å². The fourth-order valence-corrected chi connectivity index (χ4v) is 2.78. The van der Waals surface area contributed by atoms with E-state index in [-0.39, 0.29) is 24.3 Å². The molecule has 2 aromatic rings. The highest BCUT2D eigenvalue weighted by molar-refractivity contribution is 5.95. The largest absolute Gasteiger partial charge is 0.489 e. The zero-order valence-electron chi connectivity index (χ0n) is 15.0. The van der Waals surface area contributed by atoms with Gasteiger partial charge in [0.05, 0.1) is 24.7 Å². The van der Waals surface area contributed by atoms with E-state index in [1.54, 1.807) is 32.3 Å². The molecule has 1 aliphatic heterocycles. The summed E-state index contributed by atoms with van der Waals surface area (Å²) in [5, 5.41) is 9.24. The van der Waals surface area contributed by atoms with Gasteiger partial charge in [0.1, 0.15) is 24.5 Å². The van der Waals surface area contributed by atoms with Gasteiger partial charge in [-0.2, -0.15) is 5.10 Å². The van der Waals surface area contributed by atoms with E-state index < -0.39 is 0 Å². The molecule has 9 heteroatoms. The molecule has 9 nitrogen and oxygen atoms in total. The predicted octanol–water partition coefficient (Wildman–Crippen LogP) is 0.410. The van der Waals surface area contributed by atoms with Crippen LogP contribution in [0.3, 0.4) is 0 Å². The molecule has 0 saturated heterocycles. The molecule has 0 radical (unpaired) electrons. The van der Waals surface area contributed by atoms with Crippen LogP contribution in [0, 0.1) is 0 Å². The molecule has 0 aliphatic carbocycles. The monoisotopic (exact) mass is 358 g/mol. The third kappa shape index (κ3) is 3.76. The van der Waals surface area contributed by atoms with Gasteiger partial charge in [0.25, 0.3) is 5.91 Å². The SMILES string of the molecule is CN(C)C(=O)c1ccc2c(c1)N(C)C(CC(=O)NCc1ncn[nH]1)CO2. The molecule has 0 saturated carbocycles. The molecule has 1 atom stereocenters. The van der Waals surface area contributed by atoms with Crippen molar-refractivity contribution in [2.75, 3.05) is 32.6 Å². The first kappa shape index (κ1) is 17.7. The second kappa shape index (κ2) is 7.42. The van der Waals surface area contributed by atoms with Crippen LogP contribution < -0.4 is 15.0 Å². The average Bonchev–Trinajstić information content (AvgIpc) is 3.15. The molecule has 26 heavy (non-hydrogen) atoms. The molecule has 0 spiro atoms. The van der Waals surface area contributed by atoms with E-state index in [9.17, 15) is 9.59 Å². The summed E-state index contributed by atoms with van der Waals surface area (Å²) < 4.78 is 5.78. The highest BCUT2D eigenvalue weighted by Crippen LogP contribution is 2.34. The second-order valence-corrected chi connectivity index (χ2v) is 6.37. The Morgan fingerprint density at radius 3 is 2.92 bits per heavy atom. The number of H-pyrrole nitrogens is 1. The van der Waals surface area contributed by atoms with Gasteiger partial charge >= 0.3 is 0 Å². The van der Waals surface area contributed by atoms with Gasteiger partial charge < -0.3 is 19.9 Å². The Labute approximate surface area is 151 Å². The van der Waals surface area contributed by atoms with E-state index in [1.165, 1.54) is 11.2 Å². The fourth-order valence-electron chi connectivity index (χ4n) is 2.78. The summed E-state index contributed by atoms with van der Waals surface area (Å²) in [5.41, 5.74) is 1.39. The number of hydrogen-bond acceptors (Lipinski definition) is 6. The Kier molecular flexibility index (Phi) is 5.06. The number of nitrogens with one attached hydrogen (secondary N) is 2. The molecule has 3 rings (SSSR count). The number of carbonyl (C=O) groups excluding carboxylic acids is 2. The van der Waals surface area contributed by atoms with Crippen LogP contribution >= 0.6 is 0 Å². The number of amides is 2. The standard InChI is InChI=1S/C17H22N6O3/c1-22(2)17(25)11-4-5-14-13(6-11)23(3)12(9-26-14)7-16(24)18-8-15-19-10-20-21-15/h4-6,10,12H,7-9H2,1-3H3,(H,18,24)(H,19,20,21). The zero-order valence-corrected chi connectivity index (χ0v) is 15.0.